The minimum Gasteiger partial charge on any atom is -0.354 e. The smallest absolute Gasteiger partial charge is 0.144 e. The fourth-order valence-corrected chi connectivity index (χ4v) is 4.71. The molecule has 7 aromatic rings. The Labute approximate surface area is 214 Å². The molecule has 0 fully saturated rings. The first kappa shape index (κ1) is 22.3. The Morgan fingerprint density at radius 3 is 1.86 bits per heavy atom. The number of nitrogens with zero attached hydrogens (tertiary/aromatic N) is 3. The van der Waals surface area contributed by atoms with Gasteiger partial charge in [-0.1, -0.05) is 91.0 Å². The van der Waals surface area contributed by atoms with Gasteiger partial charge in [-0.2, -0.15) is 0 Å². The fourth-order valence-electron chi connectivity index (χ4n) is 4.71. The second kappa shape index (κ2) is 10.2. The van der Waals surface area contributed by atoms with Crippen LogP contribution in [0.2, 0.25) is 0 Å². The van der Waals surface area contributed by atoms with Crippen molar-refractivity contribution in [3.63, 3.8) is 0 Å². The molecule has 0 aliphatic heterocycles. The van der Waals surface area contributed by atoms with E-state index >= 15 is 0 Å². The van der Waals surface area contributed by atoms with E-state index in [1.807, 2.05) is 0 Å². The molecule has 178 valence electrons. The van der Waals surface area contributed by atoms with Gasteiger partial charge in [-0.05, 0) is 36.4 Å². The van der Waals surface area contributed by atoms with Crippen molar-refractivity contribution < 1.29 is 4.52 Å². The average molecular weight is 481 g/mol. The van der Waals surface area contributed by atoms with E-state index in [0.29, 0.717) is 0 Å². The van der Waals surface area contributed by atoms with Crippen molar-refractivity contribution in [1.82, 2.24) is 15.4 Å². The van der Waals surface area contributed by atoms with Gasteiger partial charge in [0.1, 0.15) is 6.26 Å². The summed E-state index contributed by atoms with van der Waals surface area (Å²) in [6.45, 7) is 0. The first-order chi connectivity index (χ1) is 18.4. The predicted molar refractivity (Wildman–Crippen MR) is 150 cm³/mol. The largest absolute Gasteiger partial charge is 0.354 e. The number of hydrogen-bond donors (Lipinski definition) is 1. The first-order valence-electron chi connectivity index (χ1n) is 12.1. The molecule has 0 spiro atoms. The average Bonchev–Trinajstić information content (AvgIpc) is 3.67. The molecule has 5 heteroatoms. The van der Waals surface area contributed by atoms with E-state index in [1.54, 1.807) is 0 Å². The molecule has 0 aliphatic carbocycles. The van der Waals surface area contributed by atoms with Gasteiger partial charge in [0.2, 0.25) is 0 Å². The first-order valence-corrected chi connectivity index (χ1v) is 12.1. The SMILES string of the molecule is c1ccc(N(c2ccccc2)c2ccccc2-c2cccc3c2[nH]c2ccccc23)cc1.c1conn1. The van der Waals surface area contributed by atoms with Gasteiger partial charge in [0.05, 0.1) is 17.4 Å². The molecule has 0 aliphatic rings. The Bertz CT molecular complexity index is 1670. The Balaban J connectivity index is 0.000000453. The highest BCUT2D eigenvalue weighted by Crippen LogP contribution is 2.42. The summed E-state index contributed by atoms with van der Waals surface area (Å²) in [7, 11) is 0. The van der Waals surface area contributed by atoms with Crippen LogP contribution < -0.4 is 4.90 Å². The van der Waals surface area contributed by atoms with E-state index in [-0.39, 0.29) is 0 Å². The number of nitrogens with one attached hydrogen (secondary N) is 1. The maximum Gasteiger partial charge on any atom is 0.144 e. The third-order valence-electron chi connectivity index (χ3n) is 6.29. The van der Waals surface area contributed by atoms with Crippen LogP contribution in [0.1, 0.15) is 0 Å². The molecule has 0 amide bonds. The molecule has 5 nitrogen and oxygen atoms in total. The van der Waals surface area contributed by atoms with E-state index in [9.17, 15) is 0 Å². The van der Waals surface area contributed by atoms with Crippen molar-refractivity contribution in [2.45, 2.75) is 0 Å². The maximum absolute atomic E-state index is 4.22. The normalized spacial score (nSPS) is 10.7. The lowest BCUT2D eigenvalue weighted by Crippen LogP contribution is -2.10. The van der Waals surface area contributed by atoms with Crippen molar-refractivity contribution in [3.8, 4) is 11.1 Å². The quantitative estimate of drug-likeness (QED) is 0.274. The molecule has 1 N–H and O–H groups in total. The zero-order valence-corrected chi connectivity index (χ0v) is 20.0. The van der Waals surface area contributed by atoms with Crippen LogP contribution in [0.3, 0.4) is 0 Å². The van der Waals surface area contributed by atoms with Crippen molar-refractivity contribution >= 4 is 38.9 Å². The molecule has 5 aromatic carbocycles. The summed E-state index contributed by atoms with van der Waals surface area (Å²) in [4.78, 5) is 6.00. The number of H-pyrrole nitrogens is 1. The van der Waals surface area contributed by atoms with Crippen LogP contribution in [0.15, 0.2) is 144 Å². The van der Waals surface area contributed by atoms with Crippen LogP contribution in [-0.4, -0.2) is 15.4 Å². The number of anilines is 3. The molecule has 0 atom stereocenters. The lowest BCUT2D eigenvalue weighted by Gasteiger charge is -2.27. The molecular weight excluding hydrogens is 456 g/mol. The van der Waals surface area contributed by atoms with Crippen LogP contribution >= 0.6 is 0 Å². The molecule has 2 aromatic heterocycles. The zero-order valence-electron chi connectivity index (χ0n) is 20.0. The van der Waals surface area contributed by atoms with Gasteiger partial charge >= 0.3 is 0 Å². The van der Waals surface area contributed by atoms with Crippen LogP contribution in [0, 0.1) is 0 Å². The topological polar surface area (TPSA) is 58.0 Å². The lowest BCUT2D eigenvalue weighted by molar-refractivity contribution is 0.393. The Kier molecular flexibility index (Phi) is 6.16. The van der Waals surface area contributed by atoms with Crippen molar-refractivity contribution in [2.75, 3.05) is 4.90 Å². The minimum atomic E-state index is 1.13. The molecular formula is C32H24N4O. The summed E-state index contributed by atoms with van der Waals surface area (Å²) >= 11 is 0. The lowest BCUT2D eigenvalue weighted by atomic mass is 9.99. The van der Waals surface area contributed by atoms with Crippen molar-refractivity contribution in [1.29, 1.82) is 0 Å². The number of benzene rings is 5. The van der Waals surface area contributed by atoms with Gasteiger partial charge < -0.3 is 14.4 Å². The molecule has 7 rings (SSSR count). The van der Waals surface area contributed by atoms with Gasteiger partial charge in [0.25, 0.3) is 0 Å². The molecule has 37 heavy (non-hydrogen) atoms. The number of para-hydroxylation sites is 5. The predicted octanol–water partition coefficient (Wildman–Crippen LogP) is 8.53. The van der Waals surface area contributed by atoms with Crippen molar-refractivity contribution in [2.24, 2.45) is 0 Å². The highest BCUT2D eigenvalue weighted by atomic mass is 16.5. The monoisotopic (exact) mass is 480 g/mol. The second-order valence-corrected chi connectivity index (χ2v) is 8.51. The molecule has 2 heterocycles. The maximum atomic E-state index is 4.22. The molecule has 0 bridgehead atoms. The molecule has 0 unspecified atom stereocenters. The summed E-state index contributed by atoms with van der Waals surface area (Å²) < 4.78 is 4.22. The molecule has 0 radical (unpaired) electrons. The van der Waals surface area contributed by atoms with Crippen LogP contribution in [-0.2, 0) is 0 Å². The van der Waals surface area contributed by atoms with Gasteiger partial charge in [-0.3, -0.25) is 0 Å². The van der Waals surface area contributed by atoms with Gasteiger partial charge in [-0.15, -0.1) is 5.10 Å². The van der Waals surface area contributed by atoms with E-state index < -0.39 is 0 Å². The van der Waals surface area contributed by atoms with E-state index in [1.165, 1.54) is 39.9 Å². The Morgan fingerprint density at radius 2 is 1.19 bits per heavy atom. The van der Waals surface area contributed by atoms with E-state index in [4.69, 9.17) is 0 Å². The van der Waals surface area contributed by atoms with Gasteiger partial charge in [0, 0.05) is 44.1 Å². The summed E-state index contributed by atoms with van der Waals surface area (Å²) in [6, 6.07) is 44.9. The van der Waals surface area contributed by atoms with Crippen LogP contribution in [0.5, 0.6) is 0 Å². The molecule has 0 saturated heterocycles. The van der Waals surface area contributed by atoms with E-state index in [2.05, 4.69) is 152 Å². The summed E-state index contributed by atoms with van der Waals surface area (Å²) in [5.41, 5.74) is 8.14. The zero-order chi connectivity index (χ0) is 24.9. The number of aromatic nitrogens is 3. The fraction of sp³-hybridized carbons (Fsp3) is 0. The summed E-state index contributed by atoms with van der Waals surface area (Å²) in [5.74, 6) is 0. The Morgan fingerprint density at radius 1 is 0.568 bits per heavy atom. The van der Waals surface area contributed by atoms with Crippen molar-refractivity contribution in [3.05, 3.63) is 140 Å². The van der Waals surface area contributed by atoms with Crippen LogP contribution in [0.25, 0.3) is 32.9 Å². The number of aromatic amines is 1. The van der Waals surface area contributed by atoms with Crippen LogP contribution in [0.4, 0.5) is 17.1 Å². The molecule has 0 saturated carbocycles. The van der Waals surface area contributed by atoms with E-state index in [0.717, 1.165) is 22.6 Å². The Hall–Kier alpha value is -5.16. The summed E-state index contributed by atoms with van der Waals surface area (Å²) in [5, 5.41) is 8.91. The minimum absolute atomic E-state index is 1.13. The third-order valence-corrected chi connectivity index (χ3v) is 6.29. The number of rotatable bonds is 4. The highest BCUT2D eigenvalue weighted by Gasteiger charge is 2.18. The van der Waals surface area contributed by atoms with Gasteiger partial charge in [-0.25, -0.2) is 0 Å². The summed E-state index contributed by atoms with van der Waals surface area (Å²) in [6.07, 6.45) is 2.88. The number of hydrogen-bond acceptors (Lipinski definition) is 4. The standard InChI is InChI=1S/C30H22N2.C2H2N2O/c1-3-12-22(13-4-1)32(23-14-5-2-6-15-23)29-21-10-8-17-25(29)27-19-11-18-26-24-16-7-9-20-28(24)31-30(26)27;1-2-5-4-3-1/h1-21,31H;1-2H. The third kappa shape index (κ3) is 4.46. The second-order valence-electron chi connectivity index (χ2n) is 8.51. The highest BCUT2D eigenvalue weighted by molar-refractivity contribution is 6.12. The van der Waals surface area contributed by atoms with Gasteiger partial charge in [0.15, 0.2) is 0 Å². The number of fused-ring (bicyclic) bond motifs is 3.